The number of ether oxygens (including phenoxy) is 1. The zero-order chi connectivity index (χ0) is 13.2. The average Bonchev–Trinajstić information content (AvgIpc) is 2.25. The molecule has 1 aliphatic carbocycles. The Bertz CT molecular complexity index is 298. The number of hydrogen-bond acceptors (Lipinski definition) is 1. The summed E-state index contributed by atoms with van der Waals surface area (Å²) in [6.45, 7) is 0. The van der Waals surface area contributed by atoms with Crippen LogP contribution in [0.1, 0.15) is 0 Å². The summed E-state index contributed by atoms with van der Waals surface area (Å²) in [7, 11) is 0. The van der Waals surface area contributed by atoms with E-state index in [2.05, 4.69) is 4.74 Å². The van der Waals surface area contributed by atoms with E-state index >= 15 is 0 Å². The smallest absolute Gasteiger partial charge is 0.298 e. The van der Waals surface area contributed by atoms with Crippen molar-refractivity contribution in [3.05, 3.63) is 0 Å². The molecule has 0 saturated heterocycles. The Balaban J connectivity index is 2.94. The van der Waals surface area contributed by atoms with Gasteiger partial charge in [-0.1, -0.05) is 69.6 Å². The van der Waals surface area contributed by atoms with Gasteiger partial charge in [0.1, 0.15) is 0 Å². The number of rotatable bonds is 2. The Morgan fingerprint density at radius 1 is 0.875 bits per heavy atom. The Labute approximate surface area is 123 Å². The molecule has 0 aliphatic heterocycles. The van der Waals surface area contributed by atoms with Gasteiger partial charge < -0.3 is 0 Å². The van der Waals surface area contributed by atoms with E-state index in [9.17, 15) is 13.2 Å². The fourth-order valence-electron chi connectivity index (χ4n) is 0.726. The fourth-order valence-corrected chi connectivity index (χ4v) is 1.97. The van der Waals surface area contributed by atoms with E-state index in [0.717, 1.165) is 0 Å². The van der Waals surface area contributed by atoms with Gasteiger partial charge in [-0.05, 0) is 11.6 Å². The molecular weight excluding hydrogens is 381 g/mol. The van der Waals surface area contributed by atoms with Crippen LogP contribution in [0.3, 0.4) is 0 Å². The second kappa shape index (κ2) is 3.89. The average molecular weight is 381 g/mol. The van der Waals surface area contributed by atoms with Gasteiger partial charge in [-0.2, -0.15) is 4.39 Å². The molecule has 1 rings (SSSR count). The van der Waals surface area contributed by atoms with Crippen molar-refractivity contribution in [2.45, 2.75) is 24.4 Å². The van der Waals surface area contributed by atoms with Gasteiger partial charge in [-0.3, -0.25) is 4.74 Å². The van der Waals surface area contributed by atoms with E-state index in [1.54, 1.807) is 0 Å². The number of hydrogen-bond donors (Lipinski definition) is 0. The molecular formula is C5Cl7F3O. The predicted molar refractivity (Wildman–Crippen MR) is 59.0 cm³/mol. The number of halogens is 10. The molecule has 1 nitrogen and oxygen atoms in total. The van der Waals surface area contributed by atoms with Gasteiger partial charge in [-0.25, -0.2) is 8.78 Å². The molecule has 0 radical (unpaired) electrons. The molecule has 0 aromatic rings. The van der Waals surface area contributed by atoms with E-state index in [1.165, 1.54) is 0 Å². The Morgan fingerprint density at radius 3 is 1.38 bits per heavy atom. The summed E-state index contributed by atoms with van der Waals surface area (Å²) in [5.74, 6) is 0. The third kappa shape index (κ3) is 1.97. The van der Waals surface area contributed by atoms with Crippen molar-refractivity contribution in [3.8, 4) is 0 Å². The monoisotopic (exact) mass is 378 g/mol. The van der Waals surface area contributed by atoms with Crippen LogP contribution in [0, 0.1) is 0 Å². The quantitative estimate of drug-likeness (QED) is 0.613. The Morgan fingerprint density at radius 2 is 1.19 bits per heavy atom. The molecule has 3 atom stereocenters. The lowest BCUT2D eigenvalue weighted by Crippen LogP contribution is -2.40. The Kier molecular flexibility index (Phi) is 3.85. The highest BCUT2D eigenvalue weighted by Crippen LogP contribution is 2.74. The van der Waals surface area contributed by atoms with Gasteiger partial charge in [-0.15, -0.1) is 0 Å². The van der Waals surface area contributed by atoms with Crippen LogP contribution >= 0.6 is 81.2 Å². The van der Waals surface area contributed by atoms with E-state index in [0.29, 0.717) is 0 Å². The highest BCUT2D eigenvalue weighted by Gasteiger charge is 2.95. The first kappa shape index (κ1) is 15.8. The first-order chi connectivity index (χ1) is 6.71. The van der Waals surface area contributed by atoms with Crippen molar-refractivity contribution in [2.75, 3.05) is 0 Å². The summed E-state index contributed by atoms with van der Waals surface area (Å²) in [4.78, 5) is 0. The molecule has 0 aromatic carbocycles. The Hall–Kier alpha value is 1.78. The van der Waals surface area contributed by atoms with E-state index in [-0.39, 0.29) is 0 Å². The zero-order valence-corrected chi connectivity index (χ0v) is 12.0. The molecule has 16 heavy (non-hydrogen) atoms. The van der Waals surface area contributed by atoms with Crippen LogP contribution in [0.25, 0.3) is 0 Å². The molecule has 3 unspecified atom stereocenters. The lowest BCUT2D eigenvalue weighted by atomic mass is 10.7. The van der Waals surface area contributed by atoms with Crippen molar-refractivity contribution in [1.82, 2.24) is 0 Å². The van der Waals surface area contributed by atoms with Crippen molar-refractivity contribution in [1.29, 1.82) is 0 Å². The van der Waals surface area contributed by atoms with Crippen LogP contribution in [0.4, 0.5) is 13.2 Å². The minimum absolute atomic E-state index is 2.86. The van der Waals surface area contributed by atoms with Gasteiger partial charge in [0.2, 0.25) is 0 Å². The van der Waals surface area contributed by atoms with Crippen molar-refractivity contribution >= 4 is 81.2 Å². The van der Waals surface area contributed by atoms with Gasteiger partial charge in [0, 0.05) is 0 Å². The molecule has 1 saturated carbocycles. The lowest BCUT2D eigenvalue weighted by molar-refractivity contribution is -0.115. The van der Waals surface area contributed by atoms with Crippen LogP contribution < -0.4 is 0 Å². The van der Waals surface area contributed by atoms with E-state index in [4.69, 9.17) is 81.2 Å². The maximum Gasteiger partial charge on any atom is 0.336 e. The first-order valence-electron chi connectivity index (χ1n) is 3.30. The highest BCUT2D eigenvalue weighted by molar-refractivity contribution is 6.70. The molecule has 0 aromatic heterocycles. The highest BCUT2D eigenvalue weighted by atomic mass is 35.6. The van der Waals surface area contributed by atoms with Gasteiger partial charge in [0.15, 0.2) is 0 Å². The minimum Gasteiger partial charge on any atom is -0.298 e. The molecule has 0 bridgehead atoms. The van der Waals surface area contributed by atoms with Crippen molar-refractivity contribution < 1.29 is 17.9 Å². The second-order valence-corrected chi connectivity index (χ2v) is 7.20. The summed E-state index contributed by atoms with van der Waals surface area (Å²) in [6, 6.07) is 0. The second-order valence-electron chi connectivity index (χ2n) is 2.86. The molecule has 1 aliphatic rings. The first-order valence-corrected chi connectivity index (χ1v) is 5.94. The summed E-state index contributed by atoms with van der Waals surface area (Å²) >= 11 is 35.1. The molecule has 96 valence electrons. The number of alkyl halides is 10. The molecule has 0 spiro atoms. The van der Waals surface area contributed by atoms with Crippen molar-refractivity contribution in [2.24, 2.45) is 0 Å². The fraction of sp³-hybridized carbons (Fsp3) is 1.00. The third-order valence-corrected chi connectivity index (χ3v) is 5.06. The maximum atomic E-state index is 13.4. The SMILES string of the molecule is FC(Cl)(OC1(Cl)C(F)(Cl)C1(F)Cl)C(Cl)(Cl)Cl. The summed E-state index contributed by atoms with van der Waals surface area (Å²) in [5, 5.41) is -13.5. The maximum absolute atomic E-state index is 13.4. The molecule has 11 heteroatoms. The van der Waals surface area contributed by atoms with E-state index in [1.807, 2.05) is 0 Å². The van der Waals surface area contributed by atoms with Crippen LogP contribution in [-0.2, 0) is 4.74 Å². The standard InChI is InChI=1S/C5Cl7F3O/c6-1(13)2(7,14)3(1,8)16-5(12,15)4(9,10)11. The molecule has 0 heterocycles. The molecule has 0 amide bonds. The lowest BCUT2D eigenvalue weighted by Gasteiger charge is -2.27. The molecule has 0 N–H and O–H groups in total. The van der Waals surface area contributed by atoms with Gasteiger partial charge in [0.25, 0.3) is 19.1 Å². The summed E-state index contributed by atoms with van der Waals surface area (Å²) in [5.41, 5.74) is 0. The summed E-state index contributed by atoms with van der Waals surface area (Å²) in [6.07, 6.45) is 0. The van der Waals surface area contributed by atoms with Crippen LogP contribution in [0.2, 0.25) is 0 Å². The minimum atomic E-state index is -3.62. The van der Waals surface area contributed by atoms with Gasteiger partial charge in [0.05, 0.1) is 0 Å². The normalized spacial score (nSPS) is 47.6. The largest absolute Gasteiger partial charge is 0.336 e. The zero-order valence-electron chi connectivity index (χ0n) is 6.69. The topological polar surface area (TPSA) is 9.23 Å². The van der Waals surface area contributed by atoms with Crippen molar-refractivity contribution in [3.63, 3.8) is 0 Å². The van der Waals surface area contributed by atoms with Crippen LogP contribution in [0.5, 0.6) is 0 Å². The van der Waals surface area contributed by atoms with Crippen LogP contribution in [0.15, 0.2) is 0 Å². The van der Waals surface area contributed by atoms with Gasteiger partial charge >= 0.3 is 5.31 Å². The third-order valence-electron chi connectivity index (χ3n) is 1.74. The van der Waals surface area contributed by atoms with Crippen LogP contribution in [-0.4, -0.2) is 24.4 Å². The molecule has 1 fully saturated rings. The van der Waals surface area contributed by atoms with E-state index < -0.39 is 24.4 Å². The summed E-state index contributed by atoms with van der Waals surface area (Å²) < 4.78 is 40.9. The predicted octanol–water partition coefficient (Wildman–Crippen LogP) is 4.99.